The maximum atomic E-state index is 12.5. The van der Waals surface area contributed by atoms with Gasteiger partial charge in [0.05, 0.1) is 12.0 Å². The van der Waals surface area contributed by atoms with Gasteiger partial charge in [0, 0.05) is 23.7 Å². The van der Waals surface area contributed by atoms with Crippen LogP contribution in [0.25, 0.3) is 0 Å². The van der Waals surface area contributed by atoms with Crippen LogP contribution < -0.4 is 0 Å². The Bertz CT molecular complexity index is 599. The second-order valence-electron chi connectivity index (χ2n) is 4.94. The fourth-order valence-corrected chi connectivity index (χ4v) is 2.55. The number of benzene rings is 1. The lowest BCUT2D eigenvalue weighted by molar-refractivity contribution is -0.385. The molecule has 0 aliphatic carbocycles. The van der Waals surface area contributed by atoms with Crippen LogP contribution in [0.1, 0.15) is 28.8 Å². The molecule has 7 heteroatoms. The molecule has 0 aromatic heterocycles. The summed E-state index contributed by atoms with van der Waals surface area (Å²) in [5.74, 6) is -0.736. The molecule has 1 aromatic carbocycles. The van der Waals surface area contributed by atoms with E-state index in [4.69, 9.17) is 4.74 Å². The Labute approximate surface area is 121 Å². The normalized spacial score (nSPS) is 17.6. The lowest BCUT2D eigenvalue weighted by atomic mass is 10.1. The molecular weight excluding hydrogens is 276 g/mol. The number of carbonyl (C=O) groups is 2. The van der Waals surface area contributed by atoms with Crippen molar-refractivity contribution in [2.45, 2.75) is 25.8 Å². The van der Waals surface area contributed by atoms with Crippen molar-refractivity contribution in [3.8, 4) is 0 Å². The summed E-state index contributed by atoms with van der Waals surface area (Å²) in [5, 5.41) is 10.8. The molecule has 0 spiro atoms. The summed E-state index contributed by atoms with van der Waals surface area (Å²) in [7, 11) is 1.29. The molecule has 1 fully saturated rings. The molecule has 7 nitrogen and oxygen atoms in total. The molecule has 0 radical (unpaired) electrons. The highest BCUT2D eigenvalue weighted by Gasteiger charge is 2.35. The van der Waals surface area contributed by atoms with Gasteiger partial charge in [0.2, 0.25) is 0 Å². The van der Waals surface area contributed by atoms with E-state index in [1.165, 1.54) is 30.2 Å². The summed E-state index contributed by atoms with van der Waals surface area (Å²) in [6.45, 7) is 2.06. The number of hydrogen-bond donors (Lipinski definition) is 0. The summed E-state index contributed by atoms with van der Waals surface area (Å²) in [6.07, 6.45) is 1.31. The summed E-state index contributed by atoms with van der Waals surface area (Å²) in [4.78, 5) is 35.9. The fourth-order valence-electron chi connectivity index (χ4n) is 2.55. The minimum Gasteiger partial charge on any atom is -0.467 e. The van der Waals surface area contributed by atoms with Crippen LogP contribution in [-0.2, 0) is 9.53 Å². The van der Waals surface area contributed by atoms with Gasteiger partial charge in [0.15, 0.2) is 0 Å². The zero-order valence-corrected chi connectivity index (χ0v) is 11.9. The van der Waals surface area contributed by atoms with Crippen molar-refractivity contribution in [2.24, 2.45) is 0 Å². The number of nitrogens with zero attached hydrogens (tertiary/aromatic N) is 2. The van der Waals surface area contributed by atoms with Crippen molar-refractivity contribution in [3.63, 3.8) is 0 Å². The molecule has 112 valence electrons. The molecule has 1 unspecified atom stereocenters. The number of nitro benzene ring substituents is 1. The first-order chi connectivity index (χ1) is 9.95. The predicted molar refractivity (Wildman–Crippen MR) is 73.9 cm³/mol. The number of carbonyl (C=O) groups excluding carboxylic acids is 2. The van der Waals surface area contributed by atoms with Gasteiger partial charge < -0.3 is 9.64 Å². The Morgan fingerprint density at radius 1 is 1.43 bits per heavy atom. The number of amides is 1. The Hall–Kier alpha value is -2.44. The van der Waals surface area contributed by atoms with E-state index < -0.39 is 16.9 Å². The van der Waals surface area contributed by atoms with Crippen LogP contribution in [0, 0.1) is 17.0 Å². The molecule has 0 bridgehead atoms. The smallest absolute Gasteiger partial charge is 0.328 e. The zero-order valence-electron chi connectivity index (χ0n) is 11.9. The highest BCUT2D eigenvalue weighted by Crippen LogP contribution is 2.24. The number of methoxy groups -OCH3 is 1. The average molecular weight is 292 g/mol. The third kappa shape index (κ3) is 2.86. The van der Waals surface area contributed by atoms with Crippen molar-refractivity contribution in [1.82, 2.24) is 4.90 Å². The van der Waals surface area contributed by atoms with E-state index in [1.54, 1.807) is 6.92 Å². The summed E-state index contributed by atoms with van der Waals surface area (Å²) >= 11 is 0. The number of likely N-dealkylation sites (tertiary alicyclic amines) is 1. The van der Waals surface area contributed by atoms with Crippen molar-refractivity contribution in [1.29, 1.82) is 0 Å². The summed E-state index contributed by atoms with van der Waals surface area (Å²) < 4.78 is 4.70. The third-order valence-electron chi connectivity index (χ3n) is 3.63. The number of esters is 1. The highest BCUT2D eigenvalue weighted by molar-refractivity contribution is 5.97. The lowest BCUT2D eigenvalue weighted by Gasteiger charge is -2.22. The van der Waals surface area contributed by atoms with E-state index in [0.29, 0.717) is 24.1 Å². The number of aryl methyl sites for hydroxylation is 1. The summed E-state index contributed by atoms with van der Waals surface area (Å²) in [6, 6.07) is 3.64. The summed E-state index contributed by atoms with van der Waals surface area (Å²) in [5.41, 5.74) is 0.728. The van der Waals surface area contributed by atoms with Crippen LogP contribution in [0.5, 0.6) is 0 Å². The van der Waals surface area contributed by atoms with Gasteiger partial charge in [-0.15, -0.1) is 0 Å². The van der Waals surface area contributed by atoms with E-state index in [2.05, 4.69) is 0 Å². The van der Waals surface area contributed by atoms with Gasteiger partial charge in [-0.25, -0.2) is 4.79 Å². The number of rotatable bonds is 3. The Morgan fingerprint density at radius 2 is 2.14 bits per heavy atom. The maximum absolute atomic E-state index is 12.5. The molecule has 1 aromatic rings. The molecule has 1 atom stereocenters. The lowest BCUT2D eigenvalue weighted by Crippen LogP contribution is -2.41. The molecule has 0 saturated carbocycles. The maximum Gasteiger partial charge on any atom is 0.328 e. The molecule has 1 amide bonds. The van der Waals surface area contributed by atoms with Gasteiger partial charge in [-0.05, 0) is 31.9 Å². The van der Waals surface area contributed by atoms with Gasteiger partial charge in [0.1, 0.15) is 6.04 Å². The van der Waals surface area contributed by atoms with Crippen molar-refractivity contribution in [2.75, 3.05) is 13.7 Å². The van der Waals surface area contributed by atoms with Gasteiger partial charge in [-0.1, -0.05) is 0 Å². The second kappa shape index (κ2) is 5.90. The Kier molecular flexibility index (Phi) is 4.21. The first-order valence-electron chi connectivity index (χ1n) is 6.59. The first-order valence-corrected chi connectivity index (χ1v) is 6.59. The van der Waals surface area contributed by atoms with Crippen LogP contribution in [0.3, 0.4) is 0 Å². The van der Waals surface area contributed by atoms with E-state index in [0.717, 1.165) is 6.42 Å². The average Bonchev–Trinajstić information content (AvgIpc) is 2.94. The van der Waals surface area contributed by atoms with E-state index in [1.807, 2.05) is 0 Å². The van der Waals surface area contributed by atoms with Gasteiger partial charge in [-0.2, -0.15) is 0 Å². The van der Waals surface area contributed by atoms with Crippen LogP contribution in [0.15, 0.2) is 18.2 Å². The third-order valence-corrected chi connectivity index (χ3v) is 3.63. The molecule has 2 rings (SSSR count). The first kappa shape index (κ1) is 15.0. The number of hydrogen-bond acceptors (Lipinski definition) is 5. The second-order valence-corrected chi connectivity index (χ2v) is 4.94. The fraction of sp³-hybridized carbons (Fsp3) is 0.429. The van der Waals surface area contributed by atoms with Crippen molar-refractivity contribution in [3.05, 3.63) is 39.4 Å². The molecule has 1 saturated heterocycles. The number of ether oxygens (including phenoxy) is 1. The van der Waals surface area contributed by atoms with Gasteiger partial charge in [0.25, 0.3) is 11.6 Å². The van der Waals surface area contributed by atoms with Crippen LogP contribution in [0.4, 0.5) is 5.69 Å². The monoisotopic (exact) mass is 292 g/mol. The van der Waals surface area contributed by atoms with E-state index in [9.17, 15) is 19.7 Å². The van der Waals surface area contributed by atoms with E-state index >= 15 is 0 Å². The predicted octanol–water partition coefficient (Wildman–Crippen LogP) is 1.68. The van der Waals surface area contributed by atoms with Gasteiger partial charge >= 0.3 is 5.97 Å². The SMILES string of the molecule is COC(=O)C1CCCN1C(=O)c1ccc([N+](=O)[O-])c(C)c1. The quantitative estimate of drug-likeness (QED) is 0.480. The minimum absolute atomic E-state index is 0.0301. The van der Waals surface area contributed by atoms with E-state index in [-0.39, 0.29) is 11.6 Å². The molecule has 1 aliphatic rings. The van der Waals surface area contributed by atoms with Crippen LogP contribution in [-0.4, -0.2) is 41.4 Å². The van der Waals surface area contributed by atoms with Crippen LogP contribution >= 0.6 is 0 Å². The largest absolute Gasteiger partial charge is 0.467 e. The van der Waals surface area contributed by atoms with Gasteiger partial charge in [-0.3, -0.25) is 14.9 Å². The molecule has 0 N–H and O–H groups in total. The molecule has 1 heterocycles. The number of nitro groups is 1. The topological polar surface area (TPSA) is 89.8 Å². The minimum atomic E-state index is -0.571. The highest BCUT2D eigenvalue weighted by atomic mass is 16.6. The standard InChI is InChI=1S/C14H16N2O5/c1-9-8-10(5-6-11(9)16(19)20)13(17)15-7-3-4-12(15)14(18)21-2/h5-6,8,12H,3-4,7H2,1-2H3. The Balaban J connectivity index is 2.25. The van der Waals surface area contributed by atoms with Crippen LogP contribution in [0.2, 0.25) is 0 Å². The zero-order chi connectivity index (χ0) is 15.6. The molecule has 21 heavy (non-hydrogen) atoms. The van der Waals surface area contributed by atoms with Crippen molar-refractivity contribution < 1.29 is 19.2 Å². The Morgan fingerprint density at radius 3 is 2.71 bits per heavy atom. The molecular formula is C14H16N2O5. The molecule has 1 aliphatic heterocycles. The van der Waals surface area contributed by atoms with Crippen molar-refractivity contribution >= 4 is 17.6 Å².